The van der Waals surface area contributed by atoms with Crippen molar-refractivity contribution >= 4 is 51.2 Å². The molecule has 1 fully saturated rings. The second-order valence-corrected chi connectivity index (χ2v) is 14.7. The zero-order valence-corrected chi connectivity index (χ0v) is 31.8. The SMILES string of the molecule is CCOC(=O)c1ccc(NC(=O)C(=Cc2cn(-c3ccccc3)nc2-c2cccc(S(=O)(=O)N3CCCCC3)c2)C(=O)Nc2ccc(C(=O)OCC)cc2)cc1. The van der Waals surface area contributed by atoms with Crippen molar-refractivity contribution in [2.75, 3.05) is 36.9 Å². The van der Waals surface area contributed by atoms with Crippen LogP contribution in [0.1, 0.15) is 59.4 Å². The first-order chi connectivity index (χ1) is 27.1. The van der Waals surface area contributed by atoms with Crippen LogP contribution in [0.15, 0.2) is 120 Å². The first kappa shape index (κ1) is 39.3. The van der Waals surface area contributed by atoms with Crippen molar-refractivity contribution in [2.24, 2.45) is 0 Å². The molecule has 6 rings (SSSR count). The van der Waals surface area contributed by atoms with Crippen LogP contribution in [0.2, 0.25) is 0 Å². The first-order valence-electron chi connectivity index (χ1n) is 18.2. The number of piperidine rings is 1. The first-order valence-corrected chi connectivity index (χ1v) is 19.7. The number of para-hydroxylation sites is 1. The van der Waals surface area contributed by atoms with Gasteiger partial charge >= 0.3 is 11.9 Å². The van der Waals surface area contributed by atoms with Gasteiger partial charge in [0, 0.05) is 41.8 Å². The summed E-state index contributed by atoms with van der Waals surface area (Å²) in [7, 11) is -3.80. The lowest BCUT2D eigenvalue weighted by Gasteiger charge is -2.26. The molecule has 5 aromatic rings. The van der Waals surface area contributed by atoms with Crippen molar-refractivity contribution in [1.82, 2.24) is 14.1 Å². The minimum atomic E-state index is -3.80. The smallest absolute Gasteiger partial charge is 0.338 e. The van der Waals surface area contributed by atoms with Gasteiger partial charge in [0.1, 0.15) is 11.3 Å². The maximum Gasteiger partial charge on any atom is 0.338 e. The molecule has 288 valence electrons. The molecule has 0 bridgehead atoms. The fourth-order valence-electron chi connectivity index (χ4n) is 6.08. The van der Waals surface area contributed by atoms with E-state index in [9.17, 15) is 27.6 Å². The maximum atomic E-state index is 14.1. The largest absolute Gasteiger partial charge is 0.462 e. The zero-order valence-electron chi connectivity index (χ0n) is 30.9. The summed E-state index contributed by atoms with van der Waals surface area (Å²) in [6.45, 7) is 4.68. The van der Waals surface area contributed by atoms with Gasteiger partial charge in [0.15, 0.2) is 0 Å². The number of esters is 2. The minimum Gasteiger partial charge on any atom is -0.462 e. The van der Waals surface area contributed by atoms with E-state index in [-0.39, 0.29) is 34.8 Å². The molecule has 0 atom stereocenters. The highest BCUT2D eigenvalue weighted by atomic mass is 32.2. The fourth-order valence-corrected chi connectivity index (χ4v) is 7.65. The molecule has 2 amide bonds. The molecule has 4 aromatic carbocycles. The number of rotatable bonds is 13. The van der Waals surface area contributed by atoms with Gasteiger partial charge in [-0.2, -0.15) is 9.40 Å². The maximum absolute atomic E-state index is 14.1. The van der Waals surface area contributed by atoms with Crippen molar-refractivity contribution in [1.29, 1.82) is 0 Å². The molecule has 14 heteroatoms. The van der Waals surface area contributed by atoms with Gasteiger partial charge in [-0.05, 0) is 106 Å². The van der Waals surface area contributed by atoms with E-state index in [2.05, 4.69) is 10.6 Å². The number of carbonyl (C=O) groups is 4. The molecule has 2 N–H and O–H groups in total. The van der Waals surface area contributed by atoms with Crippen LogP contribution in [-0.4, -0.2) is 72.6 Å². The molecule has 0 unspecified atom stereocenters. The highest BCUT2D eigenvalue weighted by Crippen LogP contribution is 2.30. The Morgan fingerprint density at radius 3 is 1.80 bits per heavy atom. The molecular formula is C42H41N5O8S. The van der Waals surface area contributed by atoms with Crippen molar-refractivity contribution in [3.63, 3.8) is 0 Å². The van der Waals surface area contributed by atoms with Gasteiger partial charge in [-0.15, -0.1) is 0 Å². The molecule has 2 heterocycles. The molecule has 0 spiro atoms. The molecule has 1 aliphatic heterocycles. The molecule has 0 saturated carbocycles. The average Bonchev–Trinajstić information content (AvgIpc) is 3.65. The number of hydrogen-bond donors (Lipinski definition) is 2. The van der Waals surface area contributed by atoms with E-state index in [1.165, 1.54) is 58.9 Å². The monoisotopic (exact) mass is 775 g/mol. The number of hydrogen-bond acceptors (Lipinski definition) is 9. The summed E-state index contributed by atoms with van der Waals surface area (Å²) in [5.74, 6) is -2.60. The quantitative estimate of drug-likeness (QED) is 0.0571. The molecule has 0 aliphatic carbocycles. The van der Waals surface area contributed by atoms with Crippen molar-refractivity contribution in [3.8, 4) is 16.9 Å². The van der Waals surface area contributed by atoms with E-state index < -0.39 is 33.8 Å². The van der Waals surface area contributed by atoms with Crippen molar-refractivity contribution in [2.45, 2.75) is 38.0 Å². The van der Waals surface area contributed by atoms with Gasteiger partial charge in [-0.3, -0.25) is 9.59 Å². The van der Waals surface area contributed by atoms with E-state index in [4.69, 9.17) is 14.6 Å². The Labute approximate surface area is 325 Å². The number of benzene rings is 4. The Balaban J connectivity index is 1.42. The fraction of sp³-hybridized carbons (Fsp3) is 0.214. The summed E-state index contributed by atoms with van der Waals surface area (Å²) in [6.07, 6.45) is 5.58. The van der Waals surface area contributed by atoms with E-state index >= 15 is 0 Å². The Bertz CT molecular complexity index is 2270. The topological polar surface area (TPSA) is 166 Å². The minimum absolute atomic E-state index is 0.106. The van der Waals surface area contributed by atoms with Gasteiger partial charge in [0.2, 0.25) is 10.0 Å². The van der Waals surface area contributed by atoms with Crippen LogP contribution in [0.25, 0.3) is 23.0 Å². The summed E-state index contributed by atoms with van der Waals surface area (Å²) >= 11 is 0. The van der Waals surface area contributed by atoms with E-state index in [1.54, 1.807) is 49.0 Å². The van der Waals surface area contributed by atoms with E-state index in [0.717, 1.165) is 19.3 Å². The second-order valence-electron chi connectivity index (χ2n) is 12.8. The average molecular weight is 776 g/mol. The lowest BCUT2D eigenvalue weighted by atomic mass is 10.0. The van der Waals surface area contributed by atoms with Gasteiger partial charge in [-0.25, -0.2) is 22.7 Å². The molecule has 56 heavy (non-hydrogen) atoms. The summed E-state index contributed by atoms with van der Waals surface area (Å²) in [5, 5.41) is 10.3. The van der Waals surface area contributed by atoms with Crippen LogP contribution in [0.3, 0.4) is 0 Å². The van der Waals surface area contributed by atoms with Crippen LogP contribution >= 0.6 is 0 Å². The third kappa shape index (κ3) is 9.28. The predicted octanol–water partition coefficient (Wildman–Crippen LogP) is 6.73. The summed E-state index contributed by atoms with van der Waals surface area (Å²) in [4.78, 5) is 52.7. The second kappa shape index (κ2) is 17.8. The number of sulfonamides is 1. The van der Waals surface area contributed by atoms with Crippen LogP contribution in [0.5, 0.6) is 0 Å². The standard InChI is InChI=1S/C42H41N5O8S/c1-3-54-41(50)29-16-20-33(21-17-29)43-39(48)37(40(49)44-34-22-18-30(19-23-34)42(51)55-4-2)27-32-28-47(35-13-7-5-8-14-35)45-38(32)31-12-11-15-36(26-31)56(52,53)46-24-9-6-10-25-46/h5,7-8,11-23,26-28H,3-4,6,9-10,24-25H2,1-2H3,(H,43,48)(H,44,49). The summed E-state index contributed by atoms with van der Waals surface area (Å²) in [6, 6.07) is 27.7. The lowest BCUT2D eigenvalue weighted by Crippen LogP contribution is -2.35. The number of anilines is 2. The third-order valence-corrected chi connectivity index (χ3v) is 10.8. The highest BCUT2D eigenvalue weighted by molar-refractivity contribution is 7.89. The zero-order chi connectivity index (χ0) is 39.7. The Morgan fingerprint density at radius 2 is 1.27 bits per heavy atom. The number of nitrogens with zero attached hydrogens (tertiary/aromatic N) is 3. The molecule has 13 nitrogen and oxygen atoms in total. The van der Waals surface area contributed by atoms with Crippen molar-refractivity contribution in [3.05, 3.63) is 132 Å². The van der Waals surface area contributed by atoms with E-state index in [0.29, 0.717) is 47.0 Å². The van der Waals surface area contributed by atoms with Crippen LogP contribution < -0.4 is 10.6 Å². The van der Waals surface area contributed by atoms with Gasteiger partial charge in [0.25, 0.3) is 11.8 Å². The highest BCUT2D eigenvalue weighted by Gasteiger charge is 2.27. The normalized spacial score (nSPS) is 13.0. The van der Waals surface area contributed by atoms with Crippen LogP contribution in [0, 0.1) is 0 Å². The Hall–Kier alpha value is -6.38. The number of nitrogens with one attached hydrogen (secondary N) is 2. The molecular weight excluding hydrogens is 735 g/mol. The Morgan fingerprint density at radius 1 is 0.714 bits per heavy atom. The van der Waals surface area contributed by atoms with Crippen molar-refractivity contribution < 1.29 is 37.1 Å². The summed E-state index contributed by atoms with van der Waals surface area (Å²) < 4.78 is 40.6. The van der Waals surface area contributed by atoms with Gasteiger partial charge in [0.05, 0.1) is 34.9 Å². The van der Waals surface area contributed by atoms with Gasteiger partial charge < -0.3 is 20.1 Å². The predicted molar refractivity (Wildman–Crippen MR) is 212 cm³/mol. The number of aromatic nitrogens is 2. The van der Waals surface area contributed by atoms with Crippen LogP contribution in [0.4, 0.5) is 11.4 Å². The number of carbonyl (C=O) groups excluding carboxylic acids is 4. The molecule has 0 radical (unpaired) electrons. The Kier molecular flexibility index (Phi) is 12.5. The molecule has 1 aliphatic rings. The number of ether oxygens (including phenoxy) is 2. The third-order valence-electron chi connectivity index (χ3n) is 8.92. The van der Waals surface area contributed by atoms with Gasteiger partial charge in [-0.1, -0.05) is 36.8 Å². The molecule has 1 saturated heterocycles. The summed E-state index contributed by atoms with van der Waals surface area (Å²) in [5.41, 5.74) is 2.65. The van der Waals surface area contributed by atoms with E-state index in [1.807, 2.05) is 30.3 Å². The lowest BCUT2D eigenvalue weighted by molar-refractivity contribution is -0.118. The molecule has 1 aromatic heterocycles. The number of amides is 2. The van der Waals surface area contributed by atoms with Crippen LogP contribution in [-0.2, 0) is 29.1 Å².